The first-order valence-corrected chi connectivity index (χ1v) is 32.7. The molecule has 2 fully saturated rings. The van der Waals surface area contributed by atoms with Crippen LogP contribution < -0.4 is 0 Å². The number of halogens is 4. The summed E-state index contributed by atoms with van der Waals surface area (Å²) in [5.74, 6) is -0.636. The minimum absolute atomic E-state index is 0.0570. The number of carbonyl (C=O) groups is 2. The molecule has 1 N–H and O–H groups in total. The van der Waals surface area contributed by atoms with Gasteiger partial charge >= 0.3 is 5.97 Å². The minimum Gasteiger partial charge on any atom is -0.480 e. The molecule has 0 radical (unpaired) electrons. The van der Waals surface area contributed by atoms with Gasteiger partial charge in [0.25, 0.3) is 0 Å². The van der Waals surface area contributed by atoms with Gasteiger partial charge in [0, 0.05) is 89.9 Å². The summed E-state index contributed by atoms with van der Waals surface area (Å²) in [6.45, 7) is 5.31. The van der Waals surface area contributed by atoms with Crippen molar-refractivity contribution in [3.63, 3.8) is 0 Å². The molecule has 2 unspecified atom stereocenters. The van der Waals surface area contributed by atoms with Crippen LogP contribution in [-0.4, -0.2) is 133 Å². The van der Waals surface area contributed by atoms with Crippen molar-refractivity contribution in [3.8, 4) is 0 Å². The second-order valence-electron chi connectivity index (χ2n) is 23.6. The molecule has 1 amide bonds. The van der Waals surface area contributed by atoms with Crippen LogP contribution in [0.15, 0.2) is 204 Å². The topological polar surface area (TPSA) is 114 Å². The van der Waals surface area contributed by atoms with E-state index >= 15 is 4.79 Å². The fourth-order valence-corrected chi connectivity index (χ4v) is 14.9. The van der Waals surface area contributed by atoms with E-state index in [0.717, 1.165) is 116 Å². The van der Waals surface area contributed by atoms with Crippen molar-refractivity contribution in [3.05, 3.63) is 286 Å². The lowest BCUT2D eigenvalue weighted by atomic mass is 9.77. The summed E-state index contributed by atoms with van der Waals surface area (Å²) >= 11 is 20.0. The second-order valence-corrected chi connectivity index (χ2v) is 26.3. The zero-order chi connectivity index (χ0) is 60.9. The Morgan fingerprint density at radius 2 is 1.03 bits per heavy atom. The Morgan fingerprint density at radius 3 is 1.52 bits per heavy atom. The number of benzene rings is 6. The maximum Gasteiger partial charge on any atom is 0.322 e. The number of nitrogens with zero attached hydrogens (tertiary/aromatic N) is 9. The molecule has 4 aliphatic rings. The van der Waals surface area contributed by atoms with Gasteiger partial charge in [-0.15, -0.1) is 0 Å². The fourth-order valence-electron chi connectivity index (χ4n) is 13.8. The minimum atomic E-state index is -0.781. The zero-order valence-corrected chi connectivity index (χ0v) is 54.2. The van der Waals surface area contributed by atoms with Crippen LogP contribution in [0, 0.1) is 0 Å². The average Bonchev–Trinajstić information content (AvgIpc) is 2.82. The average molecular weight is 1340 g/mol. The molecule has 2 aliphatic heterocycles. The number of piperazine rings is 2. The molecule has 13 rings (SSSR count). The van der Waals surface area contributed by atoms with Crippen molar-refractivity contribution >= 4 is 66.9 Å². The first-order valence-electron chi connectivity index (χ1n) is 30.3. The third-order valence-electron chi connectivity index (χ3n) is 18.2. The summed E-state index contributed by atoms with van der Waals surface area (Å²) in [5, 5.41) is 11.1. The van der Waals surface area contributed by atoms with Gasteiger partial charge in [-0.25, -0.2) is 4.98 Å². The van der Waals surface area contributed by atoms with Crippen LogP contribution in [0.4, 0.5) is 0 Å². The predicted molar refractivity (Wildman–Crippen MR) is 356 cm³/mol. The third kappa shape index (κ3) is 13.1. The highest BCUT2D eigenvalue weighted by Crippen LogP contribution is 2.43. The van der Waals surface area contributed by atoms with E-state index in [2.05, 4.69) is 215 Å². The molecule has 9 aromatic rings. The second kappa shape index (κ2) is 27.5. The van der Waals surface area contributed by atoms with Crippen LogP contribution in [0.3, 0.4) is 0 Å². The first kappa shape index (κ1) is 61.4. The lowest BCUT2D eigenvalue weighted by Gasteiger charge is -2.44. The van der Waals surface area contributed by atoms with Crippen LogP contribution in [0.2, 0.25) is 10.0 Å². The van der Waals surface area contributed by atoms with E-state index in [4.69, 9.17) is 38.2 Å². The number of pyridine rings is 2. The summed E-state index contributed by atoms with van der Waals surface area (Å²) in [7, 11) is 3.97. The molecule has 4 atom stereocenters. The van der Waals surface area contributed by atoms with E-state index in [9.17, 15) is 9.90 Å². The Kier molecular flexibility index (Phi) is 19.2. The standard InChI is InChI=1S/C52H50BrClN6O.C20H21BrClN3O2/c1-57-29-30-58(50-47-27-26-45(54)32-39(47)24-25-40-31-44(53)33-55-49(40)50)36-48(57)51(61)59(34-38-15-6-2-7-16-38)28-14-23-46-35-60(37-56-46)52(41-17-8-3-9-18-41,42-19-10-4-11-20-42)43-21-12-5-13-22-43;1-24-6-7-25(11-17(24)20(26)27)19-16-5-4-15(22)9-12(16)2-3-13-8-14(21)10-23-18(13)19/h2-13,15-22,26-27,31-33,35,37,48,50H,14,23-25,28-30,34,36H2,1H3;4-5,8-10,17,19H,2-3,6-7,11H2,1H3,(H,26,27)/t48-,50?;17-,19?/m11/s1. The molecule has 2 saturated heterocycles. The van der Waals surface area contributed by atoms with Crippen LogP contribution in [0.5, 0.6) is 0 Å². The number of rotatable bonds is 14. The van der Waals surface area contributed by atoms with Crippen LogP contribution in [-0.2, 0) is 53.8 Å². The van der Waals surface area contributed by atoms with Gasteiger partial charge in [-0.3, -0.25) is 39.2 Å². The number of hydrogen-bond donors (Lipinski definition) is 1. The van der Waals surface area contributed by atoms with Gasteiger partial charge < -0.3 is 14.6 Å². The molecule has 88 heavy (non-hydrogen) atoms. The highest BCUT2D eigenvalue weighted by atomic mass is 79.9. The number of carboxylic acid groups (broad SMARTS) is 1. The lowest BCUT2D eigenvalue weighted by Crippen LogP contribution is -2.59. The first-order chi connectivity index (χ1) is 42.8. The SMILES string of the molecule is CN1CCN(C2c3ccc(Cl)cc3CCc3cc(Br)cnc32)C[C@@H]1C(=O)N(CCCc1cn(C(c2ccccc2)(c2ccccc2)c2ccccc2)cn1)Cc1ccccc1.CN1CCN(C2c3ccc(Cl)cc3CCc3cc(Br)cnc32)C[C@@H]1C(=O)O. The number of carbonyl (C=O) groups excluding carboxylic acids is 1. The van der Waals surface area contributed by atoms with Gasteiger partial charge in [-0.1, -0.05) is 157 Å². The van der Waals surface area contributed by atoms with E-state index < -0.39 is 17.6 Å². The Morgan fingerprint density at radius 1 is 0.580 bits per heavy atom. The molecule has 0 spiro atoms. The van der Waals surface area contributed by atoms with Crippen molar-refractivity contribution in [2.45, 2.75) is 74.8 Å². The van der Waals surface area contributed by atoms with Crippen LogP contribution >= 0.6 is 55.1 Å². The molecule has 3 aromatic heterocycles. The van der Waals surface area contributed by atoms with Crippen molar-refractivity contribution in [2.75, 3.05) is 59.9 Å². The monoisotopic (exact) mass is 1340 g/mol. The largest absolute Gasteiger partial charge is 0.480 e. The molecule has 2 aliphatic carbocycles. The molecule has 6 aromatic carbocycles. The lowest BCUT2D eigenvalue weighted by molar-refractivity contribution is -0.145. The zero-order valence-electron chi connectivity index (χ0n) is 49.5. The Bertz CT molecular complexity index is 3700. The van der Waals surface area contributed by atoms with E-state index in [1.807, 2.05) is 54.9 Å². The normalized spacial score (nSPS) is 18.9. The summed E-state index contributed by atoms with van der Waals surface area (Å²) in [6, 6.07) is 58.1. The van der Waals surface area contributed by atoms with Gasteiger partial charge in [0.1, 0.15) is 17.6 Å². The highest BCUT2D eigenvalue weighted by molar-refractivity contribution is 9.10. The van der Waals surface area contributed by atoms with Crippen molar-refractivity contribution in [1.29, 1.82) is 0 Å². The molecular formula is C72H71Br2Cl2N9O3. The molecule has 12 nitrogen and oxygen atoms in total. The number of aromatic nitrogens is 4. The molecule has 0 saturated carbocycles. The number of hydrogen-bond acceptors (Lipinski definition) is 9. The number of amides is 1. The third-order valence-corrected chi connectivity index (χ3v) is 19.6. The maximum absolute atomic E-state index is 15.0. The molecule has 0 bridgehead atoms. The summed E-state index contributed by atoms with van der Waals surface area (Å²) in [6.07, 6.45) is 13.0. The summed E-state index contributed by atoms with van der Waals surface area (Å²) < 4.78 is 4.21. The highest BCUT2D eigenvalue weighted by Gasteiger charge is 2.42. The van der Waals surface area contributed by atoms with E-state index in [1.165, 1.54) is 33.4 Å². The Balaban J connectivity index is 0.000000232. The summed E-state index contributed by atoms with van der Waals surface area (Å²) in [4.78, 5) is 52.6. The Labute approximate surface area is 543 Å². The maximum atomic E-state index is 15.0. The van der Waals surface area contributed by atoms with Crippen molar-refractivity contribution in [1.82, 2.24) is 44.0 Å². The van der Waals surface area contributed by atoms with Gasteiger partial charge in [0.2, 0.25) is 5.91 Å². The number of fused-ring (bicyclic) bond motifs is 4. The molecular weight excluding hydrogens is 1270 g/mol. The van der Waals surface area contributed by atoms with Gasteiger partial charge in [-0.05, 0) is 177 Å². The molecule has 450 valence electrons. The number of aliphatic carboxylic acids is 1. The fraction of sp³-hybridized carbons (Fsp3) is 0.292. The van der Waals surface area contributed by atoms with E-state index in [-0.39, 0.29) is 24.0 Å². The van der Waals surface area contributed by atoms with Crippen molar-refractivity contribution in [2.24, 2.45) is 0 Å². The smallest absolute Gasteiger partial charge is 0.322 e. The van der Waals surface area contributed by atoms with Crippen molar-refractivity contribution < 1.29 is 14.7 Å². The summed E-state index contributed by atoms with van der Waals surface area (Å²) in [5.41, 5.74) is 14.3. The number of imidazole rings is 1. The number of carboxylic acids is 1. The Hall–Kier alpha value is -6.85. The number of likely N-dealkylation sites (N-methyl/N-ethyl adjacent to an activating group) is 2. The van der Waals surface area contributed by atoms with E-state index in [1.54, 1.807) is 0 Å². The quantitative estimate of drug-likeness (QED) is 0.106. The van der Waals surface area contributed by atoms with Gasteiger partial charge in [-0.2, -0.15) is 0 Å². The number of aryl methyl sites for hydroxylation is 5. The van der Waals surface area contributed by atoms with Crippen LogP contribution in [0.1, 0.15) is 91.2 Å². The molecule has 16 heteroatoms. The van der Waals surface area contributed by atoms with Gasteiger partial charge in [0.05, 0.1) is 35.5 Å². The predicted octanol–water partition coefficient (Wildman–Crippen LogP) is 13.4. The van der Waals surface area contributed by atoms with Crippen LogP contribution in [0.25, 0.3) is 0 Å². The van der Waals surface area contributed by atoms with Gasteiger partial charge in [0.15, 0.2) is 0 Å². The molecule has 5 heterocycles. The van der Waals surface area contributed by atoms with E-state index in [0.29, 0.717) is 32.7 Å².